The Hall–Kier alpha value is -0.790. The summed E-state index contributed by atoms with van der Waals surface area (Å²) in [5, 5.41) is 0.491. The van der Waals surface area contributed by atoms with Crippen LogP contribution >= 0.6 is 23.2 Å². The third-order valence-electron chi connectivity index (χ3n) is 2.09. The number of benzene rings is 1. The molecule has 0 aliphatic heterocycles. The van der Waals surface area contributed by atoms with Crippen LogP contribution in [0, 0.1) is 6.92 Å². The Labute approximate surface area is 99.7 Å². The maximum absolute atomic E-state index is 10.8. The molecule has 1 aromatic carbocycles. The van der Waals surface area contributed by atoms with Crippen LogP contribution in [0.5, 0.6) is 0 Å². The summed E-state index contributed by atoms with van der Waals surface area (Å²) in [5.41, 5.74) is 2.57. The second-order valence-electron chi connectivity index (χ2n) is 3.26. The lowest BCUT2D eigenvalue weighted by Gasteiger charge is -2.03. The molecule has 0 heterocycles. The van der Waals surface area contributed by atoms with Crippen molar-refractivity contribution < 1.29 is 4.79 Å². The number of aldehydes is 1. The second kappa shape index (κ2) is 5.94. The molecule has 1 rings (SSSR count). The van der Waals surface area contributed by atoms with Crippen LogP contribution < -0.4 is 0 Å². The summed E-state index contributed by atoms with van der Waals surface area (Å²) in [5.74, 6) is 0.399. The number of halogens is 2. The summed E-state index contributed by atoms with van der Waals surface area (Å²) >= 11 is 11.7. The Kier molecular flexibility index (Phi) is 4.86. The topological polar surface area (TPSA) is 17.1 Å². The largest absolute Gasteiger partial charge is 0.298 e. The van der Waals surface area contributed by atoms with E-state index in [1.807, 2.05) is 31.2 Å². The lowest BCUT2D eigenvalue weighted by atomic mass is 10.1. The highest BCUT2D eigenvalue weighted by Crippen LogP contribution is 2.24. The minimum absolute atomic E-state index is 0.399. The molecule has 0 N–H and O–H groups in total. The van der Waals surface area contributed by atoms with Crippen LogP contribution in [0.4, 0.5) is 0 Å². The number of rotatable bonds is 4. The zero-order valence-electron chi connectivity index (χ0n) is 8.47. The van der Waals surface area contributed by atoms with Crippen molar-refractivity contribution in [2.75, 3.05) is 5.88 Å². The fourth-order valence-corrected chi connectivity index (χ4v) is 1.68. The summed E-state index contributed by atoms with van der Waals surface area (Å²) in [7, 11) is 0. The smallest absolute Gasteiger partial charge is 0.147 e. The van der Waals surface area contributed by atoms with Gasteiger partial charge in [-0.05, 0) is 18.9 Å². The maximum Gasteiger partial charge on any atom is 0.147 e. The fourth-order valence-electron chi connectivity index (χ4n) is 1.21. The molecule has 80 valence electrons. The summed E-state index contributed by atoms with van der Waals surface area (Å²) in [6.07, 6.45) is 1.27. The van der Waals surface area contributed by atoms with Crippen molar-refractivity contribution in [3.63, 3.8) is 0 Å². The van der Waals surface area contributed by atoms with E-state index in [4.69, 9.17) is 23.2 Å². The van der Waals surface area contributed by atoms with E-state index >= 15 is 0 Å². The highest BCUT2D eigenvalue weighted by Gasteiger charge is 2.05. The molecule has 0 saturated carbocycles. The molecule has 0 spiro atoms. The van der Waals surface area contributed by atoms with Gasteiger partial charge in [-0.25, -0.2) is 0 Å². The predicted octanol–water partition coefficient (Wildman–Crippen LogP) is 3.77. The SMILES string of the molecule is Cc1ccc(C(Cl)=C(C=O)CCCl)cc1. The van der Waals surface area contributed by atoms with Crippen LogP contribution in [0.3, 0.4) is 0 Å². The zero-order valence-corrected chi connectivity index (χ0v) is 9.98. The quantitative estimate of drug-likeness (QED) is 0.447. The molecule has 0 aliphatic carbocycles. The molecule has 0 unspecified atom stereocenters. The molecular weight excluding hydrogens is 231 g/mol. The van der Waals surface area contributed by atoms with Gasteiger partial charge in [-0.15, -0.1) is 11.6 Å². The van der Waals surface area contributed by atoms with Crippen molar-refractivity contribution in [1.29, 1.82) is 0 Å². The number of hydrogen-bond acceptors (Lipinski definition) is 1. The third kappa shape index (κ3) is 3.37. The van der Waals surface area contributed by atoms with Crippen LogP contribution in [0.15, 0.2) is 29.8 Å². The summed E-state index contributed by atoms with van der Waals surface area (Å²) in [6.45, 7) is 2.00. The molecule has 0 atom stereocenters. The van der Waals surface area contributed by atoms with Crippen molar-refractivity contribution in [3.05, 3.63) is 41.0 Å². The first kappa shape index (κ1) is 12.3. The molecule has 0 bridgehead atoms. The van der Waals surface area contributed by atoms with Gasteiger partial charge in [0.1, 0.15) is 6.29 Å². The van der Waals surface area contributed by atoms with Crippen molar-refractivity contribution in [2.45, 2.75) is 13.3 Å². The Morgan fingerprint density at radius 2 is 1.93 bits per heavy atom. The van der Waals surface area contributed by atoms with Crippen molar-refractivity contribution in [3.8, 4) is 0 Å². The van der Waals surface area contributed by atoms with Gasteiger partial charge in [0.15, 0.2) is 0 Å². The van der Waals surface area contributed by atoms with E-state index < -0.39 is 0 Å². The Bertz CT molecular complexity index is 366. The number of carbonyl (C=O) groups is 1. The van der Waals surface area contributed by atoms with E-state index in [0.29, 0.717) is 22.9 Å². The summed E-state index contributed by atoms with van der Waals surface area (Å²) < 4.78 is 0. The first-order valence-corrected chi connectivity index (χ1v) is 5.57. The van der Waals surface area contributed by atoms with Gasteiger partial charge in [-0.2, -0.15) is 0 Å². The highest BCUT2D eigenvalue weighted by molar-refractivity contribution is 6.50. The molecule has 0 aromatic heterocycles. The first-order chi connectivity index (χ1) is 7.19. The van der Waals surface area contributed by atoms with Gasteiger partial charge in [0.05, 0.1) is 5.03 Å². The minimum Gasteiger partial charge on any atom is -0.298 e. The molecule has 0 fully saturated rings. The first-order valence-electron chi connectivity index (χ1n) is 4.66. The molecular formula is C12H12Cl2O. The van der Waals surface area contributed by atoms with Gasteiger partial charge in [-0.1, -0.05) is 41.4 Å². The molecule has 0 saturated heterocycles. The van der Waals surface area contributed by atoms with Crippen LogP contribution in [0.1, 0.15) is 17.5 Å². The number of carbonyl (C=O) groups excluding carboxylic acids is 1. The molecule has 0 radical (unpaired) electrons. The van der Waals surface area contributed by atoms with E-state index in [2.05, 4.69) is 0 Å². The average molecular weight is 243 g/mol. The lowest BCUT2D eigenvalue weighted by molar-refractivity contribution is -0.104. The van der Waals surface area contributed by atoms with Crippen LogP contribution in [0.2, 0.25) is 0 Å². The number of aryl methyl sites for hydroxylation is 1. The van der Waals surface area contributed by atoms with E-state index in [1.165, 1.54) is 0 Å². The average Bonchev–Trinajstić information content (AvgIpc) is 2.26. The summed E-state index contributed by atoms with van der Waals surface area (Å²) in [4.78, 5) is 10.8. The molecule has 1 nitrogen and oxygen atoms in total. The van der Waals surface area contributed by atoms with Crippen molar-refractivity contribution >= 4 is 34.5 Å². The standard InChI is InChI=1S/C12H12Cl2O/c1-9-2-4-10(5-3-9)12(14)11(8-15)6-7-13/h2-5,8H,6-7H2,1H3. The lowest BCUT2D eigenvalue weighted by Crippen LogP contribution is -1.91. The number of alkyl halides is 1. The van der Waals surface area contributed by atoms with E-state index in [9.17, 15) is 4.79 Å². The van der Waals surface area contributed by atoms with Gasteiger partial charge in [-0.3, -0.25) is 4.79 Å². The second-order valence-corrected chi connectivity index (χ2v) is 4.02. The molecule has 0 amide bonds. The monoisotopic (exact) mass is 242 g/mol. The number of allylic oxidation sites excluding steroid dienone is 1. The van der Waals surface area contributed by atoms with Crippen LogP contribution in [-0.2, 0) is 4.79 Å². The Morgan fingerprint density at radius 1 is 1.33 bits per heavy atom. The zero-order chi connectivity index (χ0) is 11.3. The molecule has 0 aliphatic rings. The van der Waals surface area contributed by atoms with Gasteiger partial charge in [0, 0.05) is 11.5 Å². The third-order valence-corrected chi connectivity index (χ3v) is 2.74. The molecule has 1 aromatic rings. The van der Waals surface area contributed by atoms with Crippen LogP contribution in [0.25, 0.3) is 5.03 Å². The number of hydrogen-bond donors (Lipinski definition) is 0. The maximum atomic E-state index is 10.8. The van der Waals surface area contributed by atoms with E-state index in [-0.39, 0.29) is 0 Å². The fraction of sp³-hybridized carbons (Fsp3) is 0.250. The van der Waals surface area contributed by atoms with Gasteiger partial charge >= 0.3 is 0 Å². The molecule has 3 heteroatoms. The highest BCUT2D eigenvalue weighted by atomic mass is 35.5. The predicted molar refractivity (Wildman–Crippen MR) is 65.4 cm³/mol. The van der Waals surface area contributed by atoms with Gasteiger partial charge in [0.2, 0.25) is 0 Å². The Morgan fingerprint density at radius 3 is 2.40 bits per heavy atom. The Balaban J connectivity index is 3.04. The van der Waals surface area contributed by atoms with Gasteiger partial charge in [0.25, 0.3) is 0 Å². The molecule has 15 heavy (non-hydrogen) atoms. The van der Waals surface area contributed by atoms with Crippen LogP contribution in [-0.4, -0.2) is 12.2 Å². The van der Waals surface area contributed by atoms with Crippen molar-refractivity contribution in [2.24, 2.45) is 0 Å². The normalized spacial score (nSPS) is 12.2. The minimum atomic E-state index is 0.399. The van der Waals surface area contributed by atoms with E-state index in [0.717, 1.165) is 17.4 Å². The van der Waals surface area contributed by atoms with E-state index in [1.54, 1.807) is 0 Å². The summed E-state index contributed by atoms with van der Waals surface area (Å²) in [6, 6.07) is 7.71. The van der Waals surface area contributed by atoms with Gasteiger partial charge < -0.3 is 0 Å². The van der Waals surface area contributed by atoms with Crippen molar-refractivity contribution in [1.82, 2.24) is 0 Å².